The van der Waals surface area contributed by atoms with Gasteiger partial charge < -0.3 is 10.6 Å². The molecule has 1 aliphatic heterocycles. The van der Waals surface area contributed by atoms with Crippen LogP contribution in [0.3, 0.4) is 0 Å². The topological polar surface area (TPSA) is 132 Å². The van der Waals surface area contributed by atoms with Crippen LogP contribution in [0.4, 0.5) is 9.80 Å². The van der Waals surface area contributed by atoms with Crippen molar-refractivity contribution in [2.24, 2.45) is 5.92 Å². The Hall–Kier alpha value is -2.69. The number of fused-ring (bicyclic) bond motifs is 1. The Morgan fingerprint density at radius 3 is 2.44 bits per heavy atom. The van der Waals surface area contributed by atoms with Gasteiger partial charge in [-0.2, -0.15) is 4.37 Å². The number of aromatic nitrogens is 3. The number of nitrogens with two attached hydrogens (primary N) is 1. The third-order valence-corrected chi connectivity index (χ3v) is 7.54. The predicted molar refractivity (Wildman–Crippen MR) is 123 cm³/mol. The fourth-order valence-corrected chi connectivity index (χ4v) is 5.44. The minimum absolute atomic E-state index is 0.205. The number of nitrogens with one attached hydrogen (secondary N) is 1. The molecule has 1 saturated heterocycles. The summed E-state index contributed by atoms with van der Waals surface area (Å²) in [7, 11) is 0. The van der Waals surface area contributed by atoms with Crippen molar-refractivity contribution in [3.63, 3.8) is 0 Å². The molecule has 3 N–H and O–H groups in total. The van der Waals surface area contributed by atoms with Crippen LogP contribution in [0, 0.1) is 5.92 Å². The molecule has 11 heteroatoms. The number of hydrogen-bond acceptors (Lipinski definition) is 7. The highest BCUT2D eigenvalue weighted by Gasteiger charge is 2.46. The Labute approximate surface area is 189 Å². The summed E-state index contributed by atoms with van der Waals surface area (Å²) in [5.41, 5.74) is 4.87. The van der Waals surface area contributed by atoms with Crippen LogP contribution in [0.5, 0.6) is 0 Å². The van der Waals surface area contributed by atoms with Gasteiger partial charge in [0.05, 0.1) is 0 Å². The van der Waals surface area contributed by atoms with Crippen LogP contribution in [0.25, 0.3) is 11.0 Å². The first-order chi connectivity index (χ1) is 15.2. The number of nitrogen functional groups attached to an aromatic ring is 1. The third-order valence-electron chi connectivity index (χ3n) is 6.88. The molecule has 4 rings (SSSR count). The number of aryl methyl sites for hydroxylation is 1. The molecule has 0 unspecified atom stereocenters. The van der Waals surface area contributed by atoms with E-state index in [4.69, 9.17) is 5.73 Å². The van der Waals surface area contributed by atoms with Gasteiger partial charge in [0.1, 0.15) is 15.9 Å². The van der Waals surface area contributed by atoms with Crippen molar-refractivity contribution in [3.8, 4) is 0 Å². The Morgan fingerprint density at radius 2 is 1.84 bits per heavy atom. The van der Waals surface area contributed by atoms with Crippen molar-refractivity contribution >= 4 is 39.5 Å². The van der Waals surface area contributed by atoms with Gasteiger partial charge in [0.25, 0.3) is 11.5 Å². The first-order valence-corrected chi connectivity index (χ1v) is 12.0. The van der Waals surface area contributed by atoms with Gasteiger partial charge in [-0.15, -0.1) is 0 Å². The van der Waals surface area contributed by atoms with Gasteiger partial charge in [0, 0.05) is 19.1 Å². The molecule has 0 aromatic carbocycles. The van der Waals surface area contributed by atoms with Crippen LogP contribution in [-0.4, -0.2) is 42.4 Å². The number of unbranched alkanes of at least 4 members (excludes halogenated alkanes) is 1. The molecule has 0 bridgehead atoms. The van der Waals surface area contributed by atoms with E-state index in [9.17, 15) is 19.2 Å². The number of amides is 3. The molecule has 0 atom stereocenters. The second-order valence-electron chi connectivity index (χ2n) is 9.31. The summed E-state index contributed by atoms with van der Waals surface area (Å²) in [4.78, 5) is 52.3. The lowest BCUT2D eigenvalue weighted by Gasteiger charge is -2.35. The fraction of sp³-hybridized carbons (Fsp3) is 0.667. The summed E-state index contributed by atoms with van der Waals surface area (Å²) < 4.78 is 7.23. The molecule has 32 heavy (non-hydrogen) atoms. The minimum Gasteiger partial charge on any atom is -0.389 e. The number of urea groups is 1. The maximum Gasteiger partial charge on any atom is 0.332 e. The molecule has 3 heterocycles. The van der Waals surface area contributed by atoms with E-state index in [1.165, 1.54) is 4.57 Å². The Kier molecular flexibility index (Phi) is 5.87. The van der Waals surface area contributed by atoms with Crippen molar-refractivity contribution in [2.75, 3.05) is 12.3 Å². The van der Waals surface area contributed by atoms with Crippen LogP contribution >= 0.6 is 11.5 Å². The maximum atomic E-state index is 13.3. The molecule has 2 aromatic heterocycles. The summed E-state index contributed by atoms with van der Waals surface area (Å²) in [6.45, 7) is 6.51. The molecule has 2 aliphatic rings. The average Bonchev–Trinajstić information content (AvgIpc) is 3.22. The van der Waals surface area contributed by atoms with Gasteiger partial charge in [0.15, 0.2) is 5.65 Å². The molecule has 10 nitrogen and oxygen atoms in total. The predicted octanol–water partition coefficient (Wildman–Crippen LogP) is 2.06. The first kappa shape index (κ1) is 22.5. The number of carbonyl (C=O) groups is 2. The molecular weight excluding hydrogens is 432 g/mol. The second-order valence-corrected chi connectivity index (χ2v) is 10.1. The zero-order chi connectivity index (χ0) is 23.2. The second kappa shape index (κ2) is 8.34. The smallest absolute Gasteiger partial charge is 0.332 e. The van der Waals surface area contributed by atoms with E-state index >= 15 is 0 Å². The van der Waals surface area contributed by atoms with Crippen LogP contribution in [0.1, 0.15) is 65.3 Å². The van der Waals surface area contributed by atoms with Crippen molar-refractivity contribution < 1.29 is 9.59 Å². The zero-order valence-electron chi connectivity index (χ0n) is 18.7. The molecule has 2 aromatic rings. The van der Waals surface area contributed by atoms with Crippen LogP contribution in [-0.2, 0) is 11.3 Å². The van der Waals surface area contributed by atoms with E-state index in [-0.39, 0.29) is 35.1 Å². The van der Waals surface area contributed by atoms with Crippen molar-refractivity contribution in [1.29, 1.82) is 0 Å². The van der Waals surface area contributed by atoms with Crippen LogP contribution < -0.4 is 22.3 Å². The van der Waals surface area contributed by atoms with E-state index < -0.39 is 5.54 Å². The van der Waals surface area contributed by atoms with E-state index in [1.807, 2.05) is 6.92 Å². The van der Waals surface area contributed by atoms with Gasteiger partial charge in [-0.25, -0.2) is 9.59 Å². The van der Waals surface area contributed by atoms with Gasteiger partial charge >= 0.3 is 11.7 Å². The number of anilines is 1. The molecule has 0 radical (unpaired) electrons. The lowest BCUT2D eigenvalue weighted by Crippen LogP contribution is -2.47. The summed E-state index contributed by atoms with van der Waals surface area (Å²) in [6, 6.07) is -0.576. The number of imide groups is 1. The molecular formula is C21H30N6O4S. The number of rotatable bonds is 6. The number of carbonyl (C=O) groups excluding carboxylic acids is 2. The third kappa shape index (κ3) is 3.62. The molecule has 1 saturated carbocycles. The van der Waals surface area contributed by atoms with Gasteiger partial charge in [-0.3, -0.25) is 24.0 Å². The fourth-order valence-electron chi connectivity index (χ4n) is 4.80. The summed E-state index contributed by atoms with van der Waals surface area (Å²) in [6.07, 6.45) is 4.55. The largest absolute Gasteiger partial charge is 0.389 e. The SMILES string of the molecule is CCCCn1c(=O)n(C2CCC(CN3C(=O)NC(=O)C3(C)C)CC2)c(=O)c2c(N)snc21. The minimum atomic E-state index is -0.869. The molecule has 3 amide bonds. The van der Waals surface area contributed by atoms with E-state index in [0.29, 0.717) is 42.0 Å². The first-order valence-electron chi connectivity index (χ1n) is 11.2. The highest BCUT2D eigenvalue weighted by molar-refractivity contribution is 7.11. The zero-order valence-corrected chi connectivity index (χ0v) is 19.5. The average molecular weight is 463 g/mol. The molecule has 1 aliphatic carbocycles. The quantitative estimate of drug-likeness (QED) is 0.632. The Morgan fingerprint density at radius 1 is 1.16 bits per heavy atom. The monoisotopic (exact) mass is 462 g/mol. The highest BCUT2D eigenvalue weighted by Crippen LogP contribution is 2.34. The Balaban J connectivity index is 1.57. The van der Waals surface area contributed by atoms with Crippen LogP contribution in [0.15, 0.2) is 9.59 Å². The van der Waals surface area contributed by atoms with Gasteiger partial charge in [-0.1, -0.05) is 13.3 Å². The molecule has 2 fully saturated rings. The maximum absolute atomic E-state index is 13.3. The Bertz CT molecular complexity index is 1170. The molecule has 174 valence electrons. The van der Waals surface area contributed by atoms with Crippen molar-refractivity contribution in [1.82, 2.24) is 23.7 Å². The van der Waals surface area contributed by atoms with E-state index in [0.717, 1.165) is 37.2 Å². The van der Waals surface area contributed by atoms with Gasteiger partial charge in [0.2, 0.25) is 0 Å². The lowest BCUT2D eigenvalue weighted by atomic mass is 9.85. The standard InChI is InChI=1S/C21H30N6O4S/c1-4-5-10-25-16-14(15(22)32-24-16)17(28)27(20(25)31)13-8-6-12(7-9-13)11-26-19(30)23-18(29)21(26,2)3/h12-13H,4-11,22H2,1-3H3,(H,23,29,30). The summed E-state index contributed by atoms with van der Waals surface area (Å²) >= 11 is 1.05. The van der Waals surface area contributed by atoms with E-state index in [1.54, 1.807) is 23.3 Å². The highest BCUT2D eigenvalue weighted by atomic mass is 32.1. The summed E-state index contributed by atoms with van der Waals surface area (Å²) in [5.74, 6) is -0.0811. The van der Waals surface area contributed by atoms with Crippen LogP contribution in [0.2, 0.25) is 0 Å². The lowest BCUT2D eigenvalue weighted by molar-refractivity contribution is -0.125. The summed E-state index contributed by atoms with van der Waals surface area (Å²) in [5, 5.41) is 3.05. The number of nitrogens with zero attached hydrogens (tertiary/aromatic N) is 4. The van der Waals surface area contributed by atoms with Crippen molar-refractivity contribution in [3.05, 3.63) is 20.8 Å². The molecule has 0 spiro atoms. The normalized spacial score (nSPS) is 23.2. The number of hydrogen-bond donors (Lipinski definition) is 2. The van der Waals surface area contributed by atoms with Crippen molar-refractivity contribution in [2.45, 2.75) is 77.4 Å². The van der Waals surface area contributed by atoms with E-state index in [2.05, 4.69) is 9.69 Å². The van der Waals surface area contributed by atoms with Gasteiger partial charge in [-0.05, 0) is 63.4 Å².